The monoisotopic (exact) mass is 374 g/mol. The molecule has 0 aliphatic heterocycles. The Morgan fingerprint density at radius 1 is 1.08 bits per heavy atom. The minimum absolute atomic E-state index is 0.0893. The highest BCUT2D eigenvalue weighted by molar-refractivity contribution is 7.08. The van der Waals surface area contributed by atoms with Gasteiger partial charge in [-0.1, -0.05) is 12.1 Å². The molecule has 2 rings (SSSR count). The molecule has 8 heteroatoms. The summed E-state index contributed by atoms with van der Waals surface area (Å²) in [5.41, 5.74) is 2.07. The fourth-order valence-electron chi connectivity index (χ4n) is 2.17. The first-order valence-electron chi connectivity index (χ1n) is 8.04. The molecule has 0 saturated carbocycles. The van der Waals surface area contributed by atoms with E-state index in [1.807, 2.05) is 26.2 Å². The van der Waals surface area contributed by atoms with Gasteiger partial charge in [-0.2, -0.15) is 11.3 Å². The topological polar surface area (TPSA) is 90.5 Å². The van der Waals surface area contributed by atoms with Gasteiger partial charge in [0.2, 0.25) is 11.8 Å². The predicted molar refractivity (Wildman–Crippen MR) is 102 cm³/mol. The second kappa shape index (κ2) is 9.69. The number of hydrogen-bond acceptors (Lipinski definition) is 5. The number of carbonyl (C=O) groups is 3. The van der Waals surface area contributed by atoms with Gasteiger partial charge in [0.15, 0.2) is 0 Å². The number of nitrogens with one attached hydrogen (secondary N) is 3. The summed E-state index contributed by atoms with van der Waals surface area (Å²) in [4.78, 5) is 37.2. The van der Waals surface area contributed by atoms with Crippen LogP contribution in [-0.4, -0.2) is 49.8 Å². The van der Waals surface area contributed by atoms with Gasteiger partial charge in [0.1, 0.15) is 0 Å². The number of hydrogen-bond donors (Lipinski definition) is 3. The van der Waals surface area contributed by atoms with E-state index < -0.39 is 0 Å². The first kappa shape index (κ1) is 19.6. The van der Waals surface area contributed by atoms with Gasteiger partial charge in [0.25, 0.3) is 5.91 Å². The van der Waals surface area contributed by atoms with Crippen LogP contribution in [0.4, 0.5) is 5.69 Å². The lowest BCUT2D eigenvalue weighted by Crippen LogP contribution is -2.36. The van der Waals surface area contributed by atoms with Crippen molar-refractivity contribution < 1.29 is 14.4 Å². The molecule has 1 heterocycles. The maximum absolute atomic E-state index is 11.9. The van der Waals surface area contributed by atoms with E-state index in [1.54, 1.807) is 33.9 Å². The van der Waals surface area contributed by atoms with Crippen LogP contribution in [0.25, 0.3) is 0 Å². The number of thiophene rings is 1. The Bertz CT molecular complexity index is 760. The third kappa shape index (κ3) is 6.66. The normalized spacial score (nSPS) is 10.4. The van der Waals surface area contributed by atoms with Gasteiger partial charge in [-0.25, -0.2) is 0 Å². The smallest absolute Gasteiger partial charge is 0.252 e. The Morgan fingerprint density at radius 2 is 1.88 bits per heavy atom. The van der Waals surface area contributed by atoms with Crippen LogP contribution in [0.2, 0.25) is 0 Å². The third-order valence-electron chi connectivity index (χ3n) is 3.35. The van der Waals surface area contributed by atoms with Crippen LogP contribution in [0, 0.1) is 0 Å². The summed E-state index contributed by atoms with van der Waals surface area (Å²) < 4.78 is 0. The summed E-state index contributed by atoms with van der Waals surface area (Å²) in [6.07, 6.45) is 0. The second-order valence-electron chi connectivity index (χ2n) is 5.96. The molecule has 0 atom stereocenters. The van der Waals surface area contributed by atoms with Crippen LogP contribution in [0.15, 0.2) is 41.1 Å². The molecule has 3 N–H and O–H groups in total. The molecule has 7 nitrogen and oxygen atoms in total. The zero-order valence-electron chi connectivity index (χ0n) is 14.7. The molecule has 0 unspecified atom stereocenters. The van der Waals surface area contributed by atoms with E-state index in [1.165, 1.54) is 11.3 Å². The Morgan fingerprint density at radius 3 is 2.58 bits per heavy atom. The molecule has 0 fully saturated rings. The van der Waals surface area contributed by atoms with Gasteiger partial charge in [0, 0.05) is 23.2 Å². The van der Waals surface area contributed by atoms with Gasteiger partial charge in [0.05, 0.1) is 13.1 Å². The first-order chi connectivity index (χ1) is 12.4. The summed E-state index contributed by atoms with van der Waals surface area (Å²) in [6.45, 7) is 0.517. The zero-order chi connectivity index (χ0) is 18.9. The van der Waals surface area contributed by atoms with E-state index in [2.05, 4.69) is 16.0 Å². The number of anilines is 1. The highest BCUT2D eigenvalue weighted by Crippen LogP contribution is 2.10. The first-order valence-corrected chi connectivity index (χ1v) is 8.99. The fourth-order valence-corrected chi connectivity index (χ4v) is 2.80. The average Bonchev–Trinajstić information content (AvgIpc) is 3.12. The Hall–Kier alpha value is -2.71. The van der Waals surface area contributed by atoms with Crippen molar-refractivity contribution >= 4 is 34.7 Å². The van der Waals surface area contributed by atoms with E-state index in [4.69, 9.17) is 0 Å². The molecular weight excluding hydrogens is 352 g/mol. The lowest BCUT2D eigenvalue weighted by atomic mass is 10.2. The van der Waals surface area contributed by atoms with Crippen molar-refractivity contribution in [1.29, 1.82) is 0 Å². The van der Waals surface area contributed by atoms with Crippen LogP contribution < -0.4 is 16.0 Å². The molecule has 0 spiro atoms. The van der Waals surface area contributed by atoms with Crippen molar-refractivity contribution in [2.24, 2.45) is 0 Å². The summed E-state index contributed by atoms with van der Waals surface area (Å²) in [6, 6.07) is 8.96. The van der Waals surface area contributed by atoms with E-state index in [-0.39, 0.29) is 24.3 Å². The number of amides is 3. The highest BCUT2D eigenvalue weighted by Gasteiger charge is 2.08. The lowest BCUT2D eigenvalue weighted by Gasteiger charge is -2.11. The molecule has 26 heavy (non-hydrogen) atoms. The summed E-state index contributed by atoms with van der Waals surface area (Å²) in [5.74, 6) is -0.657. The fraction of sp³-hybridized carbons (Fsp3) is 0.278. The number of nitrogens with zero attached hydrogens (tertiary/aromatic N) is 1. The largest absolute Gasteiger partial charge is 0.350 e. The molecule has 3 amide bonds. The Balaban J connectivity index is 1.78. The minimum atomic E-state index is -0.282. The number of benzene rings is 1. The molecule has 1 aromatic heterocycles. The van der Waals surface area contributed by atoms with Crippen molar-refractivity contribution in [2.45, 2.75) is 6.54 Å². The van der Waals surface area contributed by atoms with Crippen LogP contribution in [0.1, 0.15) is 15.9 Å². The number of likely N-dealkylation sites (N-methyl/N-ethyl adjacent to an activating group) is 1. The number of carbonyl (C=O) groups excluding carboxylic acids is 3. The van der Waals surface area contributed by atoms with Crippen molar-refractivity contribution in [2.75, 3.05) is 32.5 Å². The molecular formula is C18H22N4O3S. The minimum Gasteiger partial charge on any atom is -0.350 e. The van der Waals surface area contributed by atoms with E-state index >= 15 is 0 Å². The van der Waals surface area contributed by atoms with Gasteiger partial charge >= 0.3 is 0 Å². The van der Waals surface area contributed by atoms with Crippen molar-refractivity contribution in [1.82, 2.24) is 15.5 Å². The third-order valence-corrected chi connectivity index (χ3v) is 4.04. The van der Waals surface area contributed by atoms with E-state index in [0.29, 0.717) is 24.3 Å². The summed E-state index contributed by atoms with van der Waals surface area (Å²) >= 11 is 1.42. The van der Waals surface area contributed by atoms with Gasteiger partial charge in [-0.05, 0) is 43.2 Å². The number of rotatable bonds is 8. The molecule has 2 aromatic rings. The quantitative estimate of drug-likeness (QED) is 0.650. The van der Waals surface area contributed by atoms with Crippen LogP contribution in [0.3, 0.4) is 0 Å². The Kier molecular flexibility index (Phi) is 7.31. The SMILES string of the molecule is CN(C)CC(=O)Nc1cccc(CNC(=O)CNC(=O)c2ccsc2)c1. The van der Waals surface area contributed by atoms with Gasteiger partial charge in [-0.3, -0.25) is 14.4 Å². The van der Waals surface area contributed by atoms with Crippen LogP contribution in [0.5, 0.6) is 0 Å². The van der Waals surface area contributed by atoms with Crippen molar-refractivity contribution in [3.05, 3.63) is 52.2 Å². The van der Waals surface area contributed by atoms with E-state index in [9.17, 15) is 14.4 Å². The molecule has 1 aromatic carbocycles. The lowest BCUT2D eigenvalue weighted by molar-refractivity contribution is -0.120. The molecule has 0 saturated heterocycles. The summed E-state index contributed by atoms with van der Waals surface area (Å²) in [5, 5.41) is 11.6. The zero-order valence-corrected chi connectivity index (χ0v) is 15.6. The molecule has 138 valence electrons. The Labute approximate surface area is 156 Å². The summed E-state index contributed by atoms with van der Waals surface area (Å²) in [7, 11) is 3.64. The maximum Gasteiger partial charge on any atom is 0.252 e. The van der Waals surface area contributed by atoms with Crippen LogP contribution >= 0.6 is 11.3 Å². The van der Waals surface area contributed by atoms with Gasteiger partial charge < -0.3 is 20.9 Å². The standard InChI is InChI=1S/C18H22N4O3S/c1-22(2)11-17(24)21-15-5-3-4-13(8-15)9-19-16(23)10-20-18(25)14-6-7-26-12-14/h3-8,12H,9-11H2,1-2H3,(H,19,23)(H,20,25)(H,21,24). The molecule has 0 aliphatic rings. The molecule has 0 aliphatic carbocycles. The van der Waals surface area contributed by atoms with Crippen molar-refractivity contribution in [3.8, 4) is 0 Å². The second-order valence-corrected chi connectivity index (χ2v) is 6.74. The highest BCUT2D eigenvalue weighted by atomic mass is 32.1. The van der Waals surface area contributed by atoms with Gasteiger partial charge in [-0.15, -0.1) is 0 Å². The van der Waals surface area contributed by atoms with Crippen LogP contribution in [-0.2, 0) is 16.1 Å². The average molecular weight is 374 g/mol. The maximum atomic E-state index is 11.9. The van der Waals surface area contributed by atoms with E-state index in [0.717, 1.165) is 5.56 Å². The molecule has 0 bridgehead atoms. The predicted octanol–water partition coefficient (Wildman–Crippen LogP) is 1.29. The molecule has 0 radical (unpaired) electrons. The van der Waals surface area contributed by atoms with Crippen molar-refractivity contribution in [3.63, 3.8) is 0 Å².